The quantitative estimate of drug-likeness (QED) is 0.193. The van der Waals surface area contributed by atoms with E-state index in [1.54, 1.807) is 0 Å². The van der Waals surface area contributed by atoms with E-state index in [0.717, 1.165) is 17.1 Å². The number of halogens is 2. The number of imidazole rings is 1. The number of rotatable bonds is 2. The maximum atomic E-state index is 16.0. The zero-order chi connectivity index (χ0) is 32.7. The Kier molecular flexibility index (Phi) is 7.73. The molecule has 0 amide bonds. The first-order valence-electron chi connectivity index (χ1n) is 13.5. The number of nitrogens with zero attached hydrogens (tertiary/aromatic N) is 6. The molecule has 3 aliphatic rings. The van der Waals surface area contributed by atoms with Gasteiger partial charge in [0.15, 0.2) is 41.6 Å². The van der Waals surface area contributed by atoms with Crippen molar-refractivity contribution in [3.05, 3.63) is 40.8 Å². The highest BCUT2D eigenvalue weighted by Gasteiger charge is 2.53. The topological polar surface area (TPSA) is 230 Å². The number of aliphatic hydroxyl groups is 1. The molecule has 18 nitrogen and oxygen atoms in total. The summed E-state index contributed by atoms with van der Waals surface area (Å²) in [6, 6.07) is 0. The lowest BCUT2D eigenvalue weighted by Crippen LogP contribution is -2.38. The molecule has 7 heterocycles. The molecule has 4 radical (unpaired) electrons. The van der Waals surface area contributed by atoms with Gasteiger partial charge in [0.1, 0.15) is 53.6 Å². The van der Waals surface area contributed by atoms with Crippen molar-refractivity contribution in [2.45, 2.75) is 56.1 Å². The third-order valence-corrected chi connectivity index (χ3v) is 9.73. The smallest absolute Gasteiger partial charge is 0.264 e. The predicted octanol–water partition coefficient (Wildman–Crippen LogP) is 0.458. The number of H-pyrrole nitrogens is 1. The third-order valence-electron chi connectivity index (χ3n) is 7.64. The molecule has 46 heavy (non-hydrogen) atoms. The number of nitrogens with two attached hydrogens (primary N) is 1. The maximum absolute atomic E-state index is 16.0. The van der Waals surface area contributed by atoms with Crippen LogP contribution in [-0.4, -0.2) is 104 Å². The maximum Gasteiger partial charge on any atom is 0.264 e. The van der Waals surface area contributed by atoms with Crippen molar-refractivity contribution in [1.82, 2.24) is 34.1 Å². The predicted molar refractivity (Wildman–Crippen MR) is 152 cm³/mol. The van der Waals surface area contributed by atoms with Gasteiger partial charge in [-0.1, -0.05) is 0 Å². The Hall–Kier alpha value is -3.06. The average Bonchev–Trinajstić information content (AvgIpc) is 3.71. The average molecular weight is 680 g/mol. The van der Waals surface area contributed by atoms with Crippen molar-refractivity contribution >= 4 is 58.1 Å². The number of nitrogens with one attached hydrogen (secondary N) is 1. The lowest BCUT2D eigenvalue weighted by molar-refractivity contribution is -0.0558. The molecule has 4 unspecified atom stereocenters. The Morgan fingerprint density at radius 2 is 1.67 bits per heavy atom. The minimum atomic E-state index is -4.63. The third kappa shape index (κ3) is 5.40. The zero-order valence-corrected chi connectivity index (χ0v) is 25.2. The second-order valence-corrected chi connectivity index (χ2v) is 13.8. The van der Waals surface area contributed by atoms with E-state index in [-0.39, 0.29) is 28.5 Å². The van der Waals surface area contributed by atoms with Gasteiger partial charge in [0.2, 0.25) is 15.1 Å². The van der Waals surface area contributed by atoms with Crippen LogP contribution in [0.2, 0.25) is 0 Å². The van der Waals surface area contributed by atoms with Crippen LogP contribution in [0.1, 0.15) is 18.3 Å². The Balaban J connectivity index is 1.18. The lowest BCUT2D eigenvalue weighted by atomic mass is 10.1. The van der Waals surface area contributed by atoms with Crippen LogP contribution >= 0.6 is 14.9 Å². The number of alkyl halides is 1. The van der Waals surface area contributed by atoms with E-state index in [4.69, 9.17) is 48.4 Å². The molecule has 0 saturated carbocycles. The van der Waals surface area contributed by atoms with Gasteiger partial charge in [0, 0.05) is 6.20 Å². The van der Waals surface area contributed by atoms with E-state index in [0.29, 0.717) is 0 Å². The second-order valence-electron chi connectivity index (χ2n) is 10.7. The fourth-order valence-electron chi connectivity index (χ4n) is 5.62. The summed E-state index contributed by atoms with van der Waals surface area (Å²) in [5.41, 5.74) is 5.12. The Labute approximate surface area is 258 Å². The Bertz CT molecular complexity index is 2000. The standard InChI is InChI=1S/C22H22B2F2N8O10P2/c1-7-31-18-11(20(36)32-7)8(25)2-33(18)22-14(35)16-10(42-22)4-40-45(23,37)43-15-9(3-39-46(24,38)44-16)41-21(12(15)26)34-6-30-13-17(27)28-5-29-19(13)34/h2,5-6,9-10,12,14-16,21-22,35H,3-4H2,1H3,(H2,27,28,29)(H,31,32,36)/t9-,10-,12?,14+,15+,16?,21-,22-,45?,46?/m1/s1. The van der Waals surface area contributed by atoms with E-state index >= 15 is 4.39 Å². The van der Waals surface area contributed by atoms with E-state index in [9.17, 15) is 23.4 Å². The van der Waals surface area contributed by atoms with Gasteiger partial charge in [-0.2, -0.15) is 0 Å². The number of aromatic nitrogens is 7. The highest BCUT2D eigenvalue weighted by molar-refractivity contribution is 7.79. The number of hydrogen-bond donors (Lipinski definition) is 3. The molecule has 0 bridgehead atoms. The van der Waals surface area contributed by atoms with Crippen LogP contribution in [0.3, 0.4) is 0 Å². The molecule has 3 fully saturated rings. The van der Waals surface area contributed by atoms with Crippen molar-refractivity contribution in [2.24, 2.45) is 0 Å². The highest BCUT2D eigenvalue weighted by atomic mass is 31.2. The van der Waals surface area contributed by atoms with Crippen LogP contribution < -0.4 is 11.3 Å². The number of hydrogen-bond acceptors (Lipinski definition) is 15. The van der Waals surface area contributed by atoms with Gasteiger partial charge in [-0.05, 0) is 6.92 Å². The van der Waals surface area contributed by atoms with Crippen molar-refractivity contribution < 1.29 is 50.6 Å². The van der Waals surface area contributed by atoms with Crippen molar-refractivity contribution in [3.8, 4) is 0 Å². The molecule has 7 rings (SSSR count). The van der Waals surface area contributed by atoms with Gasteiger partial charge in [0.25, 0.3) is 20.5 Å². The molecule has 3 aliphatic heterocycles. The Morgan fingerprint density at radius 1 is 1.02 bits per heavy atom. The van der Waals surface area contributed by atoms with Crippen LogP contribution in [0.15, 0.2) is 23.6 Å². The molecule has 4 aromatic rings. The number of fused-ring (bicyclic) bond motifs is 4. The van der Waals surface area contributed by atoms with Crippen LogP contribution in [0.25, 0.3) is 22.2 Å². The number of ether oxygens (including phenoxy) is 2. The van der Waals surface area contributed by atoms with E-state index in [1.807, 2.05) is 0 Å². The first kappa shape index (κ1) is 31.5. The van der Waals surface area contributed by atoms with Gasteiger partial charge < -0.3 is 48.0 Å². The monoisotopic (exact) mass is 680 g/mol. The summed E-state index contributed by atoms with van der Waals surface area (Å²) < 4.78 is 92.7. The minimum absolute atomic E-state index is 0.0247. The van der Waals surface area contributed by atoms with Gasteiger partial charge in [-0.3, -0.25) is 18.5 Å². The largest absolute Gasteiger partial charge is 0.386 e. The fraction of sp³-hybridized carbons (Fsp3) is 0.500. The normalized spacial score (nSPS) is 37.1. The summed E-state index contributed by atoms with van der Waals surface area (Å²) in [7, 11) is 2.43. The van der Waals surface area contributed by atoms with Gasteiger partial charge in [0.05, 0.1) is 19.5 Å². The van der Waals surface area contributed by atoms with Crippen LogP contribution in [0, 0.1) is 12.7 Å². The summed E-state index contributed by atoms with van der Waals surface area (Å²) in [5.74, 6) is -0.812. The van der Waals surface area contributed by atoms with Gasteiger partial charge in [-0.25, -0.2) is 28.7 Å². The molecule has 0 spiro atoms. The molecule has 4 aromatic heterocycles. The summed E-state index contributed by atoms with van der Waals surface area (Å²) in [4.78, 5) is 30.8. The number of anilines is 1. The van der Waals surface area contributed by atoms with Crippen LogP contribution in [-0.2, 0) is 36.7 Å². The van der Waals surface area contributed by atoms with Crippen LogP contribution in [0.4, 0.5) is 14.6 Å². The number of aryl methyl sites for hydroxylation is 1. The number of aliphatic hydroxyl groups excluding tert-OH is 1. The van der Waals surface area contributed by atoms with Gasteiger partial charge >= 0.3 is 0 Å². The molecule has 240 valence electrons. The van der Waals surface area contributed by atoms with E-state index in [1.165, 1.54) is 17.8 Å². The van der Waals surface area contributed by atoms with Crippen LogP contribution in [0.5, 0.6) is 0 Å². The summed E-state index contributed by atoms with van der Waals surface area (Å²) >= 11 is 0. The number of nitrogen functional groups attached to an aromatic ring is 1. The highest BCUT2D eigenvalue weighted by Crippen LogP contribution is 2.53. The zero-order valence-electron chi connectivity index (χ0n) is 23.5. The molecule has 24 heteroatoms. The number of aromatic amines is 1. The van der Waals surface area contributed by atoms with E-state index in [2.05, 4.69) is 24.9 Å². The summed E-state index contributed by atoms with van der Waals surface area (Å²) in [6.45, 7) is -0.0317. The van der Waals surface area contributed by atoms with Crippen molar-refractivity contribution in [1.29, 1.82) is 0 Å². The summed E-state index contributed by atoms with van der Waals surface area (Å²) in [5, 5.41) is 10.8. The molecular formula is C22H22B2F2N8O10P2. The summed E-state index contributed by atoms with van der Waals surface area (Å²) in [6.07, 6.45) is -9.88. The van der Waals surface area contributed by atoms with Crippen molar-refractivity contribution in [2.75, 3.05) is 18.9 Å². The second kappa shape index (κ2) is 11.3. The minimum Gasteiger partial charge on any atom is -0.386 e. The Morgan fingerprint density at radius 3 is 2.39 bits per heavy atom. The van der Waals surface area contributed by atoms with E-state index < -0.39 is 94.1 Å². The van der Waals surface area contributed by atoms with Gasteiger partial charge in [-0.15, -0.1) is 0 Å². The van der Waals surface area contributed by atoms with Crippen molar-refractivity contribution in [3.63, 3.8) is 0 Å². The fourth-order valence-corrected chi connectivity index (χ4v) is 7.64. The molecule has 4 N–H and O–H groups in total. The molecule has 0 aromatic carbocycles. The molecule has 10 atom stereocenters. The molecule has 0 aliphatic carbocycles. The first-order valence-corrected chi connectivity index (χ1v) is 16.7. The first-order chi connectivity index (χ1) is 21.7. The molecule has 3 saturated heterocycles. The lowest BCUT2D eigenvalue weighted by Gasteiger charge is -2.30. The molecular weight excluding hydrogens is 658 g/mol. The SMILES string of the molecule is [B]P1(=O)OC[C@H]2O[C@@H](n3cnc4c(N)ncnc43)C(F)[C@H]2OP([B])(=O)OC[C@H]2O[C@@H](n3cc(F)c4c(=O)[nH]c(C)nc43)[C@@H](O)C2O1.